The number of hydrogen-bond donors (Lipinski definition) is 1. The Bertz CT molecular complexity index is 1220. The van der Waals surface area contributed by atoms with Gasteiger partial charge in [0.25, 0.3) is 0 Å². The molecule has 2 aliphatic heterocycles. The Morgan fingerprint density at radius 1 is 1.06 bits per heavy atom. The van der Waals surface area contributed by atoms with E-state index in [1.54, 1.807) is 36.4 Å². The normalized spacial score (nSPS) is 17.4. The number of fused-ring (bicyclic) bond motifs is 2. The second-order valence-corrected chi connectivity index (χ2v) is 8.46. The predicted octanol–water partition coefficient (Wildman–Crippen LogP) is 4.41. The van der Waals surface area contributed by atoms with Crippen molar-refractivity contribution in [2.24, 2.45) is 0 Å². The Labute approximate surface area is 190 Å². The molecular weight excluding hydrogens is 429 g/mol. The predicted molar refractivity (Wildman–Crippen MR) is 122 cm³/mol. The second kappa shape index (κ2) is 8.28. The van der Waals surface area contributed by atoms with Crippen LogP contribution in [0.15, 0.2) is 66.7 Å². The van der Waals surface area contributed by atoms with Crippen LogP contribution in [-0.2, 0) is 16.0 Å². The van der Waals surface area contributed by atoms with Crippen molar-refractivity contribution < 1.29 is 14.0 Å². The molecule has 0 saturated carbocycles. The highest BCUT2D eigenvalue weighted by atomic mass is 35.5. The summed E-state index contributed by atoms with van der Waals surface area (Å²) < 4.78 is 15.0. The van der Waals surface area contributed by atoms with E-state index in [-0.39, 0.29) is 24.9 Å². The van der Waals surface area contributed by atoms with Gasteiger partial charge in [0.1, 0.15) is 12.4 Å². The van der Waals surface area contributed by atoms with Gasteiger partial charge in [0.15, 0.2) is 0 Å². The summed E-state index contributed by atoms with van der Waals surface area (Å²) in [5.74, 6) is -1.03. The second-order valence-electron chi connectivity index (χ2n) is 8.03. The third-order valence-corrected chi connectivity index (χ3v) is 6.27. The zero-order valence-corrected chi connectivity index (χ0v) is 18.0. The molecule has 0 aliphatic carbocycles. The smallest absolute Gasteiger partial charge is 0.244 e. The number of nitrogens with one attached hydrogen (secondary N) is 1. The molecule has 0 spiro atoms. The van der Waals surface area contributed by atoms with Crippen LogP contribution < -0.4 is 10.2 Å². The third kappa shape index (κ3) is 3.71. The van der Waals surface area contributed by atoms with Crippen molar-refractivity contribution >= 4 is 34.8 Å². The average molecular weight is 450 g/mol. The molecule has 0 fully saturated rings. The van der Waals surface area contributed by atoms with E-state index in [9.17, 15) is 14.0 Å². The molecule has 3 aromatic carbocycles. The number of halogens is 2. The molecule has 162 valence electrons. The first-order valence-corrected chi connectivity index (χ1v) is 10.8. The van der Waals surface area contributed by atoms with Gasteiger partial charge in [0.05, 0.1) is 12.6 Å². The molecular formula is C25H21ClFN3O2. The van der Waals surface area contributed by atoms with Gasteiger partial charge in [-0.3, -0.25) is 9.59 Å². The lowest BCUT2D eigenvalue weighted by Gasteiger charge is -2.32. The van der Waals surface area contributed by atoms with E-state index in [1.807, 2.05) is 23.1 Å². The lowest BCUT2D eigenvalue weighted by molar-refractivity contribution is -0.135. The summed E-state index contributed by atoms with van der Waals surface area (Å²) >= 11 is 6.26. The van der Waals surface area contributed by atoms with Gasteiger partial charge in [0.2, 0.25) is 11.8 Å². The Morgan fingerprint density at radius 3 is 2.69 bits per heavy atom. The monoisotopic (exact) mass is 449 g/mol. The third-order valence-electron chi connectivity index (χ3n) is 6.04. The molecule has 5 rings (SSSR count). The summed E-state index contributed by atoms with van der Waals surface area (Å²) in [7, 11) is 0. The highest BCUT2D eigenvalue weighted by Gasteiger charge is 2.36. The number of carbonyl (C=O) groups is 2. The number of para-hydroxylation sites is 1. The molecule has 2 heterocycles. The van der Waals surface area contributed by atoms with Gasteiger partial charge < -0.3 is 15.1 Å². The molecule has 7 heteroatoms. The van der Waals surface area contributed by atoms with Crippen LogP contribution in [-0.4, -0.2) is 36.3 Å². The van der Waals surface area contributed by atoms with E-state index in [0.717, 1.165) is 18.7 Å². The van der Waals surface area contributed by atoms with E-state index < -0.39 is 11.9 Å². The molecule has 0 bridgehead atoms. The maximum absolute atomic E-state index is 15.0. The van der Waals surface area contributed by atoms with Gasteiger partial charge in [-0.1, -0.05) is 48.0 Å². The van der Waals surface area contributed by atoms with Crippen LogP contribution in [0.25, 0.3) is 0 Å². The summed E-state index contributed by atoms with van der Waals surface area (Å²) in [5, 5.41) is 3.28. The SMILES string of the molecule is O=C1CN(C(=O)CN2CCc3ccccc32)C(c2ccccc2F)c2cc(Cl)ccc2N1. The van der Waals surface area contributed by atoms with Crippen LogP contribution >= 0.6 is 11.6 Å². The topological polar surface area (TPSA) is 52.7 Å². The minimum Gasteiger partial charge on any atom is -0.362 e. The number of carbonyl (C=O) groups excluding carboxylic acids is 2. The van der Waals surface area contributed by atoms with Crippen molar-refractivity contribution in [3.63, 3.8) is 0 Å². The number of anilines is 2. The van der Waals surface area contributed by atoms with Gasteiger partial charge in [-0.2, -0.15) is 0 Å². The van der Waals surface area contributed by atoms with Crippen LogP contribution in [0.1, 0.15) is 22.7 Å². The molecule has 3 aromatic rings. The van der Waals surface area contributed by atoms with Crippen LogP contribution in [0.4, 0.5) is 15.8 Å². The molecule has 32 heavy (non-hydrogen) atoms. The minimum atomic E-state index is -0.783. The standard InChI is InChI=1S/C25H21ClFN3O2/c26-17-9-10-21-19(13-17)25(18-6-2-3-7-20(18)27)30(14-23(31)28-21)24(32)15-29-12-11-16-5-1-4-8-22(16)29/h1-10,13,25H,11-12,14-15H2,(H,28,31). The van der Waals surface area contributed by atoms with Crippen molar-refractivity contribution in [1.29, 1.82) is 0 Å². The Balaban J connectivity index is 1.56. The van der Waals surface area contributed by atoms with E-state index in [0.29, 0.717) is 21.8 Å². The molecule has 0 radical (unpaired) electrons. The van der Waals surface area contributed by atoms with Gasteiger partial charge in [-0.25, -0.2) is 4.39 Å². The Kier molecular flexibility index (Phi) is 5.31. The first-order valence-electron chi connectivity index (χ1n) is 10.5. The van der Waals surface area contributed by atoms with Crippen molar-refractivity contribution in [3.05, 3.63) is 94.3 Å². The van der Waals surface area contributed by atoms with Gasteiger partial charge in [-0.05, 0) is 42.3 Å². The Morgan fingerprint density at radius 2 is 1.84 bits per heavy atom. The summed E-state index contributed by atoms with van der Waals surface area (Å²) in [6.07, 6.45) is 0.860. The summed E-state index contributed by atoms with van der Waals surface area (Å²) in [5.41, 5.74) is 3.64. The highest BCUT2D eigenvalue weighted by Crippen LogP contribution is 2.38. The fourth-order valence-corrected chi connectivity index (χ4v) is 4.75. The lowest BCUT2D eigenvalue weighted by Crippen LogP contribution is -2.44. The number of hydrogen-bond acceptors (Lipinski definition) is 3. The van der Waals surface area contributed by atoms with Gasteiger partial charge >= 0.3 is 0 Å². The van der Waals surface area contributed by atoms with E-state index in [1.165, 1.54) is 16.5 Å². The molecule has 1 unspecified atom stereocenters. The first-order chi connectivity index (χ1) is 15.5. The van der Waals surface area contributed by atoms with E-state index in [4.69, 9.17) is 11.6 Å². The molecule has 1 atom stereocenters. The summed E-state index contributed by atoms with van der Waals surface area (Å²) in [6.45, 7) is 0.642. The molecule has 2 amide bonds. The molecule has 0 aromatic heterocycles. The fraction of sp³-hybridized carbons (Fsp3) is 0.200. The quantitative estimate of drug-likeness (QED) is 0.644. The average Bonchev–Trinajstić information content (AvgIpc) is 3.12. The molecule has 1 N–H and O–H groups in total. The van der Waals surface area contributed by atoms with Crippen LogP contribution in [0.2, 0.25) is 5.02 Å². The molecule has 2 aliphatic rings. The minimum absolute atomic E-state index is 0.102. The van der Waals surface area contributed by atoms with Gasteiger partial charge in [0, 0.05) is 34.1 Å². The zero-order valence-electron chi connectivity index (χ0n) is 17.2. The number of nitrogens with zero attached hydrogens (tertiary/aromatic N) is 2. The molecule has 5 nitrogen and oxygen atoms in total. The van der Waals surface area contributed by atoms with E-state index >= 15 is 0 Å². The van der Waals surface area contributed by atoms with Crippen LogP contribution in [0.5, 0.6) is 0 Å². The first kappa shape index (κ1) is 20.5. The van der Waals surface area contributed by atoms with E-state index in [2.05, 4.69) is 11.4 Å². The van der Waals surface area contributed by atoms with Crippen molar-refractivity contribution in [2.75, 3.05) is 29.9 Å². The van der Waals surface area contributed by atoms with Crippen LogP contribution in [0, 0.1) is 5.82 Å². The summed E-state index contributed by atoms with van der Waals surface area (Å²) in [4.78, 5) is 29.8. The van der Waals surface area contributed by atoms with Crippen LogP contribution in [0.3, 0.4) is 0 Å². The molecule has 0 saturated heterocycles. The number of benzene rings is 3. The van der Waals surface area contributed by atoms with Crippen molar-refractivity contribution in [3.8, 4) is 0 Å². The number of amides is 2. The zero-order chi connectivity index (χ0) is 22.2. The maximum atomic E-state index is 15.0. The largest absolute Gasteiger partial charge is 0.362 e. The van der Waals surface area contributed by atoms with Gasteiger partial charge in [-0.15, -0.1) is 0 Å². The van der Waals surface area contributed by atoms with Crippen molar-refractivity contribution in [2.45, 2.75) is 12.5 Å². The fourth-order valence-electron chi connectivity index (χ4n) is 4.57. The summed E-state index contributed by atoms with van der Waals surface area (Å²) in [6, 6.07) is 18.6. The Hall–Kier alpha value is -3.38. The number of rotatable bonds is 3. The maximum Gasteiger partial charge on any atom is 0.244 e. The van der Waals surface area contributed by atoms with Crippen molar-refractivity contribution in [1.82, 2.24) is 4.90 Å². The lowest BCUT2D eigenvalue weighted by atomic mass is 9.95. The highest BCUT2D eigenvalue weighted by molar-refractivity contribution is 6.30.